The van der Waals surface area contributed by atoms with Crippen molar-refractivity contribution in [3.63, 3.8) is 0 Å². The number of nitrogens with zero attached hydrogens (tertiary/aromatic N) is 3. The monoisotopic (exact) mass is 433 g/mol. The second kappa shape index (κ2) is 9.68. The van der Waals surface area contributed by atoms with Crippen molar-refractivity contribution in [2.24, 2.45) is 5.41 Å². The molecule has 3 rings (SSSR count). The van der Waals surface area contributed by atoms with Gasteiger partial charge in [0.15, 0.2) is 0 Å². The minimum Gasteiger partial charge on any atom is -0.333 e. The molecule has 5 heteroatoms. The van der Waals surface area contributed by atoms with Crippen LogP contribution in [0.5, 0.6) is 0 Å². The van der Waals surface area contributed by atoms with E-state index in [1.54, 1.807) is 4.57 Å². The smallest absolute Gasteiger partial charge is 0.266 e. The Morgan fingerprint density at radius 1 is 1.12 bits per heavy atom. The molecule has 0 fully saturated rings. The highest BCUT2D eigenvalue weighted by molar-refractivity contribution is 5.79. The van der Waals surface area contributed by atoms with Crippen LogP contribution in [-0.2, 0) is 4.79 Å². The second-order valence-electron chi connectivity index (χ2n) is 9.82. The normalized spacial score (nSPS) is 12.7. The Kier molecular flexibility index (Phi) is 7.17. The van der Waals surface area contributed by atoms with E-state index in [2.05, 4.69) is 27.7 Å². The second-order valence-corrected chi connectivity index (χ2v) is 9.82. The Bertz CT molecular complexity index is 1160. The van der Waals surface area contributed by atoms with Gasteiger partial charge in [-0.1, -0.05) is 58.4 Å². The first-order valence-electron chi connectivity index (χ1n) is 11.5. The van der Waals surface area contributed by atoms with Crippen molar-refractivity contribution in [2.75, 3.05) is 6.54 Å². The topological polar surface area (TPSA) is 55.2 Å². The summed E-state index contributed by atoms with van der Waals surface area (Å²) in [6, 6.07) is 14.9. The van der Waals surface area contributed by atoms with Gasteiger partial charge in [0.1, 0.15) is 5.82 Å². The molecule has 0 spiro atoms. The first-order valence-corrected chi connectivity index (χ1v) is 11.5. The summed E-state index contributed by atoms with van der Waals surface area (Å²) in [7, 11) is 0. The van der Waals surface area contributed by atoms with Crippen molar-refractivity contribution in [1.82, 2.24) is 14.5 Å². The molecule has 0 saturated heterocycles. The van der Waals surface area contributed by atoms with Crippen LogP contribution >= 0.6 is 0 Å². The highest BCUT2D eigenvalue weighted by atomic mass is 16.2. The third-order valence-electron chi connectivity index (χ3n) is 5.66. The summed E-state index contributed by atoms with van der Waals surface area (Å²) in [4.78, 5) is 33.8. The van der Waals surface area contributed by atoms with Crippen molar-refractivity contribution in [3.8, 4) is 5.69 Å². The van der Waals surface area contributed by atoms with Crippen LogP contribution in [0.4, 0.5) is 0 Å². The van der Waals surface area contributed by atoms with E-state index >= 15 is 0 Å². The fourth-order valence-corrected chi connectivity index (χ4v) is 4.00. The predicted octanol–water partition coefficient (Wildman–Crippen LogP) is 5.82. The number of benzene rings is 2. The number of rotatable bonds is 7. The minimum atomic E-state index is -0.339. The molecular formula is C27H35N3O2. The molecule has 0 N–H and O–H groups in total. The van der Waals surface area contributed by atoms with Gasteiger partial charge in [0.2, 0.25) is 5.91 Å². The number of unbranched alkanes of at least 4 members (excludes halogenated alkanes) is 1. The van der Waals surface area contributed by atoms with Crippen molar-refractivity contribution in [3.05, 3.63) is 70.3 Å². The lowest BCUT2D eigenvalue weighted by Gasteiger charge is -2.32. The molecule has 5 nitrogen and oxygen atoms in total. The average Bonchev–Trinajstić information content (AvgIpc) is 2.72. The molecule has 0 bridgehead atoms. The van der Waals surface area contributed by atoms with Crippen LogP contribution in [-0.4, -0.2) is 26.9 Å². The number of carbonyl (C=O) groups excluding carboxylic acids is 1. The van der Waals surface area contributed by atoms with Crippen LogP contribution in [0.1, 0.15) is 71.3 Å². The lowest BCUT2D eigenvalue weighted by atomic mass is 9.91. The fraction of sp³-hybridized carbons (Fsp3) is 0.444. The third-order valence-corrected chi connectivity index (χ3v) is 5.66. The number of aromatic nitrogens is 2. The first kappa shape index (κ1) is 23.7. The maximum Gasteiger partial charge on any atom is 0.266 e. The lowest BCUT2D eigenvalue weighted by Crippen LogP contribution is -2.39. The number of hydrogen-bond donors (Lipinski definition) is 0. The predicted molar refractivity (Wildman–Crippen MR) is 131 cm³/mol. The zero-order chi connectivity index (χ0) is 23.5. The standard InChI is InChI=1S/C27H35N3O2/c1-7-8-16-29(24(31)18-27(4,5)6)20(3)25-28-23-15-10-9-14-22(23)26(32)30(25)21-13-11-12-19(2)17-21/h9-15,17,20H,7-8,16,18H2,1-6H3/t20-/m1/s1. The van der Waals surface area contributed by atoms with E-state index in [0.717, 1.165) is 24.1 Å². The van der Waals surface area contributed by atoms with Gasteiger partial charge in [-0.05, 0) is 55.5 Å². The van der Waals surface area contributed by atoms with E-state index in [0.29, 0.717) is 29.7 Å². The minimum absolute atomic E-state index is 0.0941. The molecule has 1 amide bonds. The summed E-state index contributed by atoms with van der Waals surface area (Å²) in [5, 5.41) is 0.575. The van der Waals surface area contributed by atoms with Gasteiger partial charge < -0.3 is 4.90 Å². The summed E-state index contributed by atoms with van der Waals surface area (Å²) < 4.78 is 1.68. The Balaban J connectivity index is 2.21. The van der Waals surface area contributed by atoms with E-state index in [9.17, 15) is 9.59 Å². The quantitative estimate of drug-likeness (QED) is 0.472. The van der Waals surface area contributed by atoms with Crippen molar-refractivity contribution < 1.29 is 4.79 Å². The van der Waals surface area contributed by atoms with Gasteiger partial charge in [0.05, 0.1) is 22.6 Å². The molecule has 1 aromatic heterocycles. The molecule has 0 unspecified atom stereocenters. The Morgan fingerprint density at radius 2 is 1.84 bits per heavy atom. The van der Waals surface area contributed by atoms with E-state index in [1.807, 2.05) is 67.3 Å². The Morgan fingerprint density at radius 3 is 2.50 bits per heavy atom. The van der Waals surface area contributed by atoms with Crippen LogP contribution in [0.25, 0.3) is 16.6 Å². The van der Waals surface area contributed by atoms with E-state index < -0.39 is 0 Å². The van der Waals surface area contributed by atoms with Gasteiger partial charge in [0.25, 0.3) is 5.56 Å². The van der Waals surface area contributed by atoms with Crippen LogP contribution in [0.3, 0.4) is 0 Å². The number of para-hydroxylation sites is 1. The van der Waals surface area contributed by atoms with E-state index in [-0.39, 0.29) is 22.9 Å². The zero-order valence-corrected chi connectivity index (χ0v) is 20.2. The lowest BCUT2D eigenvalue weighted by molar-refractivity contribution is -0.135. The number of fused-ring (bicyclic) bond motifs is 1. The number of carbonyl (C=O) groups is 1. The van der Waals surface area contributed by atoms with Crippen molar-refractivity contribution >= 4 is 16.8 Å². The van der Waals surface area contributed by atoms with Crippen LogP contribution in [0.2, 0.25) is 0 Å². The molecule has 3 aromatic rings. The molecule has 1 heterocycles. The molecule has 1 atom stereocenters. The zero-order valence-electron chi connectivity index (χ0n) is 20.2. The number of hydrogen-bond acceptors (Lipinski definition) is 3. The average molecular weight is 434 g/mol. The number of aryl methyl sites for hydroxylation is 1. The molecule has 2 aromatic carbocycles. The summed E-state index contributed by atoms with van der Waals surface area (Å²) >= 11 is 0. The molecule has 0 aliphatic rings. The van der Waals surface area contributed by atoms with Gasteiger partial charge in [-0.2, -0.15) is 0 Å². The van der Waals surface area contributed by atoms with Crippen LogP contribution in [0, 0.1) is 12.3 Å². The summed E-state index contributed by atoms with van der Waals surface area (Å²) in [5.74, 6) is 0.689. The van der Waals surface area contributed by atoms with Crippen LogP contribution < -0.4 is 5.56 Å². The van der Waals surface area contributed by atoms with E-state index in [1.165, 1.54) is 0 Å². The molecule has 170 valence electrons. The summed E-state index contributed by atoms with van der Waals surface area (Å²) in [6.07, 6.45) is 2.34. The van der Waals surface area contributed by atoms with Crippen LogP contribution in [0.15, 0.2) is 53.3 Å². The van der Waals surface area contributed by atoms with Gasteiger partial charge in [0, 0.05) is 13.0 Å². The molecule has 0 radical (unpaired) electrons. The van der Waals surface area contributed by atoms with E-state index in [4.69, 9.17) is 4.98 Å². The molecule has 0 aliphatic carbocycles. The molecule has 0 saturated carbocycles. The highest BCUT2D eigenvalue weighted by Gasteiger charge is 2.29. The van der Waals surface area contributed by atoms with Gasteiger partial charge in [-0.15, -0.1) is 0 Å². The third kappa shape index (κ3) is 5.26. The SMILES string of the molecule is CCCCN(C(=O)CC(C)(C)C)[C@H](C)c1nc2ccccc2c(=O)n1-c1cccc(C)c1. The first-order chi connectivity index (χ1) is 15.1. The fourth-order valence-electron chi connectivity index (χ4n) is 4.00. The largest absolute Gasteiger partial charge is 0.333 e. The summed E-state index contributed by atoms with van der Waals surface area (Å²) in [5.41, 5.74) is 2.26. The highest BCUT2D eigenvalue weighted by Crippen LogP contribution is 2.27. The van der Waals surface area contributed by atoms with Gasteiger partial charge >= 0.3 is 0 Å². The maximum absolute atomic E-state index is 13.6. The Hall–Kier alpha value is -2.95. The van der Waals surface area contributed by atoms with Crippen molar-refractivity contribution in [2.45, 2.75) is 66.8 Å². The van der Waals surface area contributed by atoms with Gasteiger partial charge in [-0.3, -0.25) is 14.2 Å². The maximum atomic E-state index is 13.6. The molecular weight excluding hydrogens is 398 g/mol. The van der Waals surface area contributed by atoms with Crippen molar-refractivity contribution in [1.29, 1.82) is 0 Å². The number of amides is 1. The molecule has 32 heavy (non-hydrogen) atoms. The van der Waals surface area contributed by atoms with Gasteiger partial charge in [-0.25, -0.2) is 4.98 Å². The molecule has 0 aliphatic heterocycles. The summed E-state index contributed by atoms with van der Waals surface area (Å²) in [6.45, 7) is 13.0. The Labute approximate surface area is 191 Å².